The molecular formula is C23H32N4O3S. The van der Waals surface area contributed by atoms with E-state index in [1.807, 2.05) is 6.92 Å². The summed E-state index contributed by atoms with van der Waals surface area (Å²) in [7, 11) is -1.59. The van der Waals surface area contributed by atoms with Crippen molar-refractivity contribution in [2.75, 3.05) is 51.0 Å². The van der Waals surface area contributed by atoms with Crippen molar-refractivity contribution in [1.82, 2.24) is 15.1 Å². The Kier molecular flexibility index (Phi) is 7.69. The van der Waals surface area contributed by atoms with E-state index in [0.29, 0.717) is 23.4 Å². The molecule has 1 aliphatic heterocycles. The fraction of sp³-hybridized carbons (Fsp3) is 0.435. The normalized spacial score (nSPS) is 15.6. The number of sulfonamides is 1. The summed E-state index contributed by atoms with van der Waals surface area (Å²) in [5.74, 6) is -0.188. The molecule has 7 nitrogen and oxygen atoms in total. The first-order valence-electron chi connectivity index (χ1n) is 10.6. The van der Waals surface area contributed by atoms with Crippen LogP contribution in [0.25, 0.3) is 0 Å². The number of piperazine rings is 1. The highest BCUT2D eigenvalue weighted by Gasteiger charge is 2.18. The Labute approximate surface area is 185 Å². The van der Waals surface area contributed by atoms with Gasteiger partial charge in [0.1, 0.15) is 0 Å². The van der Waals surface area contributed by atoms with Crippen molar-refractivity contribution in [1.29, 1.82) is 0 Å². The first-order chi connectivity index (χ1) is 14.8. The predicted octanol–water partition coefficient (Wildman–Crippen LogP) is 2.47. The summed E-state index contributed by atoms with van der Waals surface area (Å²) in [5.41, 5.74) is 2.48. The van der Waals surface area contributed by atoms with Crippen LogP contribution in [0, 0.1) is 13.8 Å². The fourth-order valence-corrected chi connectivity index (χ4v) is 4.71. The lowest BCUT2D eigenvalue weighted by Gasteiger charge is -2.32. The standard InChI is InChI=1S/C23H32N4O3S/c1-18-8-10-20(11-9-18)31(29,30)25-22-7-4-6-21(19(22)2)23(28)24-12-5-13-27-16-14-26(3)15-17-27/h4,6-11,25H,5,12-17H2,1-3H3,(H,24,28). The maximum Gasteiger partial charge on any atom is 0.261 e. The number of nitrogens with zero attached hydrogens (tertiary/aromatic N) is 2. The number of aryl methyl sites for hydroxylation is 1. The number of nitrogens with one attached hydrogen (secondary N) is 2. The third-order valence-corrected chi connectivity index (χ3v) is 7.07. The Hall–Kier alpha value is -2.42. The van der Waals surface area contributed by atoms with Crippen molar-refractivity contribution in [3.8, 4) is 0 Å². The van der Waals surface area contributed by atoms with Crippen LogP contribution < -0.4 is 10.0 Å². The van der Waals surface area contributed by atoms with Crippen molar-refractivity contribution >= 4 is 21.6 Å². The number of likely N-dealkylation sites (N-methyl/N-ethyl adjacent to an activating group) is 1. The van der Waals surface area contributed by atoms with Crippen molar-refractivity contribution < 1.29 is 13.2 Å². The van der Waals surface area contributed by atoms with E-state index < -0.39 is 10.0 Å². The number of hydrogen-bond acceptors (Lipinski definition) is 5. The van der Waals surface area contributed by atoms with Crippen LogP contribution in [0.2, 0.25) is 0 Å². The maximum atomic E-state index is 12.7. The Bertz CT molecular complexity index is 998. The van der Waals surface area contributed by atoms with Gasteiger partial charge in [-0.1, -0.05) is 23.8 Å². The molecule has 1 amide bonds. The molecule has 3 rings (SSSR count). The van der Waals surface area contributed by atoms with E-state index in [4.69, 9.17) is 0 Å². The molecule has 31 heavy (non-hydrogen) atoms. The molecule has 1 fully saturated rings. The fourth-order valence-electron chi connectivity index (χ4n) is 3.58. The van der Waals surface area contributed by atoms with Crippen LogP contribution in [0.15, 0.2) is 47.4 Å². The van der Waals surface area contributed by atoms with E-state index in [1.165, 1.54) is 0 Å². The summed E-state index contributed by atoms with van der Waals surface area (Å²) in [6, 6.07) is 11.7. The Balaban J connectivity index is 1.58. The van der Waals surface area contributed by atoms with E-state index in [1.54, 1.807) is 49.4 Å². The Morgan fingerprint density at radius 3 is 2.35 bits per heavy atom. The Morgan fingerprint density at radius 2 is 1.68 bits per heavy atom. The van der Waals surface area contributed by atoms with Crippen LogP contribution in [-0.2, 0) is 10.0 Å². The highest BCUT2D eigenvalue weighted by atomic mass is 32.2. The van der Waals surface area contributed by atoms with Gasteiger partial charge in [-0.05, 0) is 63.7 Å². The van der Waals surface area contributed by atoms with Gasteiger partial charge in [-0.2, -0.15) is 0 Å². The number of hydrogen-bond donors (Lipinski definition) is 2. The van der Waals surface area contributed by atoms with Gasteiger partial charge in [-0.25, -0.2) is 8.42 Å². The van der Waals surface area contributed by atoms with Gasteiger partial charge >= 0.3 is 0 Å². The summed E-state index contributed by atoms with van der Waals surface area (Å²) in [6.07, 6.45) is 0.883. The lowest BCUT2D eigenvalue weighted by Crippen LogP contribution is -2.45. The minimum atomic E-state index is -3.72. The van der Waals surface area contributed by atoms with E-state index >= 15 is 0 Å². The molecule has 0 radical (unpaired) electrons. The third-order valence-electron chi connectivity index (χ3n) is 5.69. The Morgan fingerprint density at radius 1 is 1.00 bits per heavy atom. The largest absolute Gasteiger partial charge is 0.352 e. The molecule has 1 saturated heterocycles. The molecule has 0 aliphatic carbocycles. The predicted molar refractivity (Wildman–Crippen MR) is 124 cm³/mol. The zero-order chi connectivity index (χ0) is 22.4. The third kappa shape index (κ3) is 6.29. The molecule has 2 N–H and O–H groups in total. The molecular weight excluding hydrogens is 412 g/mol. The van der Waals surface area contributed by atoms with Crippen molar-refractivity contribution in [3.63, 3.8) is 0 Å². The van der Waals surface area contributed by atoms with Crippen LogP contribution in [0.3, 0.4) is 0 Å². The molecule has 1 aliphatic rings. The van der Waals surface area contributed by atoms with Crippen molar-refractivity contribution in [2.45, 2.75) is 25.2 Å². The highest BCUT2D eigenvalue weighted by molar-refractivity contribution is 7.92. The molecule has 8 heteroatoms. The van der Waals surface area contributed by atoms with E-state index in [0.717, 1.165) is 44.7 Å². The van der Waals surface area contributed by atoms with Crippen LogP contribution in [0.5, 0.6) is 0 Å². The van der Waals surface area contributed by atoms with Gasteiger partial charge in [0.15, 0.2) is 0 Å². The molecule has 0 spiro atoms. The molecule has 0 atom stereocenters. The van der Waals surface area contributed by atoms with E-state index in [2.05, 4.69) is 26.9 Å². The first-order valence-corrected chi connectivity index (χ1v) is 12.1. The number of carbonyl (C=O) groups is 1. The number of benzene rings is 2. The summed E-state index contributed by atoms with van der Waals surface area (Å²) in [5, 5.41) is 2.96. The molecule has 2 aromatic rings. The number of anilines is 1. The second-order valence-electron chi connectivity index (χ2n) is 8.15. The smallest absolute Gasteiger partial charge is 0.261 e. The SMILES string of the molecule is Cc1ccc(S(=O)(=O)Nc2cccc(C(=O)NCCCN3CCN(C)CC3)c2C)cc1. The number of rotatable bonds is 8. The molecule has 0 aromatic heterocycles. The second-order valence-corrected chi connectivity index (χ2v) is 9.83. The molecule has 0 saturated carbocycles. The monoisotopic (exact) mass is 444 g/mol. The quantitative estimate of drug-likeness (QED) is 0.612. The molecule has 168 valence electrons. The summed E-state index contributed by atoms with van der Waals surface area (Å²) >= 11 is 0. The molecule has 0 unspecified atom stereocenters. The van der Waals surface area contributed by atoms with Crippen LogP contribution in [-0.4, -0.2) is 70.4 Å². The van der Waals surface area contributed by atoms with Gasteiger partial charge in [0.05, 0.1) is 10.6 Å². The summed E-state index contributed by atoms with van der Waals surface area (Å²) < 4.78 is 28.0. The minimum absolute atomic E-state index is 0.188. The van der Waals surface area contributed by atoms with Gasteiger partial charge in [0, 0.05) is 38.3 Å². The highest BCUT2D eigenvalue weighted by Crippen LogP contribution is 2.23. The maximum absolute atomic E-state index is 12.7. The molecule has 2 aromatic carbocycles. The topological polar surface area (TPSA) is 81.7 Å². The average molecular weight is 445 g/mol. The second kappa shape index (κ2) is 10.3. The first kappa shape index (κ1) is 23.2. The van der Waals surface area contributed by atoms with Crippen LogP contribution >= 0.6 is 0 Å². The number of carbonyl (C=O) groups excluding carboxylic acids is 1. The van der Waals surface area contributed by atoms with Gasteiger partial charge in [0.25, 0.3) is 15.9 Å². The van der Waals surface area contributed by atoms with Gasteiger partial charge in [-0.15, -0.1) is 0 Å². The zero-order valence-electron chi connectivity index (χ0n) is 18.5. The van der Waals surface area contributed by atoms with Gasteiger partial charge < -0.3 is 15.1 Å². The summed E-state index contributed by atoms with van der Waals surface area (Å²) in [4.78, 5) is 17.6. The van der Waals surface area contributed by atoms with Gasteiger partial charge in [-0.3, -0.25) is 9.52 Å². The lowest BCUT2D eigenvalue weighted by atomic mass is 10.1. The van der Waals surface area contributed by atoms with Crippen LogP contribution in [0.4, 0.5) is 5.69 Å². The minimum Gasteiger partial charge on any atom is -0.352 e. The van der Waals surface area contributed by atoms with E-state index in [9.17, 15) is 13.2 Å². The van der Waals surface area contributed by atoms with E-state index in [-0.39, 0.29) is 10.8 Å². The summed E-state index contributed by atoms with van der Waals surface area (Å²) in [6.45, 7) is 9.49. The van der Waals surface area contributed by atoms with Crippen LogP contribution in [0.1, 0.15) is 27.9 Å². The molecule has 1 heterocycles. The van der Waals surface area contributed by atoms with Crippen molar-refractivity contribution in [3.05, 3.63) is 59.2 Å². The number of amides is 1. The lowest BCUT2D eigenvalue weighted by molar-refractivity contribution is 0.0949. The van der Waals surface area contributed by atoms with Crippen molar-refractivity contribution in [2.24, 2.45) is 0 Å². The zero-order valence-corrected chi connectivity index (χ0v) is 19.3. The average Bonchev–Trinajstić information content (AvgIpc) is 2.74. The van der Waals surface area contributed by atoms with Gasteiger partial charge in [0.2, 0.25) is 0 Å². The molecule has 0 bridgehead atoms.